The first-order chi connectivity index (χ1) is 13.8. The number of ether oxygens (including phenoxy) is 2. The zero-order chi connectivity index (χ0) is 20.5. The number of nitrogens with zero attached hydrogens (tertiary/aromatic N) is 2. The van der Waals surface area contributed by atoms with E-state index in [4.69, 9.17) is 9.47 Å². The Kier molecular flexibility index (Phi) is 2.98. The van der Waals surface area contributed by atoms with Gasteiger partial charge >= 0.3 is 5.97 Å². The summed E-state index contributed by atoms with van der Waals surface area (Å²) < 4.78 is 11.6. The lowest BCUT2D eigenvalue weighted by atomic mass is 9.61. The molecule has 6 rings (SSSR count). The second-order valence-electron chi connectivity index (χ2n) is 9.39. The highest BCUT2D eigenvalue weighted by Gasteiger charge is 2.87. The van der Waals surface area contributed by atoms with Crippen LogP contribution in [0.2, 0.25) is 0 Å². The van der Waals surface area contributed by atoms with Gasteiger partial charge in [0.25, 0.3) is 0 Å². The molecule has 8 atom stereocenters. The van der Waals surface area contributed by atoms with Gasteiger partial charge < -0.3 is 14.4 Å². The third-order valence-corrected chi connectivity index (χ3v) is 8.80. The summed E-state index contributed by atoms with van der Waals surface area (Å²) in [5.41, 5.74) is -3.22. The summed E-state index contributed by atoms with van der Waals surface area (Å²) in [4.78, 5) is 56.5. The summed E-state index contributed by atoms with van der Waals surface area (Å²) in [6.45, 7) is 3.57. The molecule has 1 saturated carbocycles. The standard InChI is InChI=1S/C21H24N2O6/c1-4-22-15(24)12-13(16(22)25)19(2,18(27)28-3)23-14(12)21-9-7-11(29-21)10-6-5-8-20(10,21)17(23)26/h7,9-14H,4-6,8H2,1-3H3/t10-,11+,12+,13+,14-,19+,20-,21+/m1/s1. The maximum absolute atomic E-state index is 14.1. The molecule has 6 aliphatic rings. The van der Waals surface area contributed by atoms with Crippen LogP contribution in [-0.4, -0.2) is 70.4 Å². The van der Waals surface area contributed by atoms with Crippen molar-refractivity contribution >= 4 is 23.7 Å². The molecule has 0 radical (unpaired) electrons. The molecule has 0 aromatic heterocycles. The lowest BCUT2D eigenvalue weighted by Gasteiger charge is -2.38. The average Bonchev–Trinajstić information content (AvgIpc) is 3.48. The smallest absolute Gasteiger partial charge is 0.332 e. The highest BCUT2D eigenvalue weighted by Crippen LogP contribution is 2.73. The maximum atomic E-state index is 14.1. The Morgan fingerprint density at radius 1 is 1.31 bits per heavy atom. The molecule has 5 aliphatic heterocycles. The van der Waals surface area contributed by atoms with E-state index in [1.165, 1.54) is 16.9 Å². The number of imide groups is 1. The van der Waals surface area contributed by atoms with Crippen molar-refractivity contribution < 1.29 is 28.7 Å². The SMILES string of the molecule is CCN1C(=O)[C@H]2[C@@H](C1=O)[C@@](C)(C(=O)OC)N1C(=O)[C@@]34CCC[C@@H]3[C@@H]3C=C[C@]4(O3)[C@@H]21. The molecule has 3 amide bonds. The molecule has 29 heavy (non-hydrogen) atoms. The molecule has 0 unspecified atom stereocenters. The number of hydrogen-bond acceptors (Lipinski definition) is 6. The summed E-state index contributed by atoms with van der Waals surface area (Å²) in [5.74, 6) is -3.20. The second-order valence-corrected chi connectivity index (χ2v) is 9.39. The van der Waals surface area contributed by atoms with E-state index in [2.05, 4.69) is 0 Å². The average molecular weight is 400 g/mol. The van der Waals surface area contributed by atoms with Crippen LogP contribution in [0, 0.1) is 23.2 Å². The Morgan fingerprint density at radius 3 is 2.76 bits per heavy atom. The van der Waals surface area contributed by atoms with E-state index in [0.717, 1.165) is 12.8 Å². The molecule has 0 N–H and O–H groups in total. The molecule has 4 saturated heterocycles. The van der Waals surface area contributed by atoms with Crippen molar-refractivity contribution in [1.82, 2.24) is 9.80 Å². The lowest BCUT2D eigenvalue weighted by Crippen LogP contribution is -2.59. The van der Waals surface area contributed by atoms with Gasteiger partial charge in [-0.05, 0) is 26.7 Å². The van der Waals surface area contributed by atoms with Gasteiger partial charge in [0.15, 0.2) is 5.54 Å². The van der Waals surface area contributed by atoms with Gasteiger partial charge in [0.1, 0.15) is 5.60 Å². The predicted octanol–water partition coefficient (Wildman–Crippen LogP) is 0.258. The van der Waals surface area contributed by atoms with Crippen LogP contribution in [0.5, 0.6) is 0 Å². The van der Waals surface area contributed by atoms with E-state index >= 15 is 0 Å². The minimum atomic E-state index is -1.52. The summed E-state index contributed by atoms with van der Waals surface area (Å²) >= 11 is 0. The molecular formula is C21H24N2O6. The summed E-state index contributed by atoms with van der Waals surface area (Å²) in [5, 5.41) is 0. The third kappa shape index (κ3) is 1.44. The molecular weight excluding hydrogens is 376 g/mol. The van der Waals surface area contributed by atoms with E-state index < -0.39 is 46.3 Å². The highest BCUT2D eigenvalue weighted by atomic mass is 16.5. The molecule has 2 bridgehead atoms. The monoisotopic (exact) mass is 400 g/mol. The first kappa shape index (κ1) is 17.6. The fourth-order valence-corrected chi connectivity index (χ4v) is 7.85. The van der Waals surface area contributed by atoms with Crippen LogP contribution in [0.4, 0.5) is 0 Å². The number of carbonyl (C=O) groups excluding carboxylic acids is 4. The number of fused-ring (bicyclic) bond motifs is 5. The largest absolute Gasteiger partial charge is 0.467 e. The summed E-state index contributed by atoms with van der Waals surface area (Å²) in [7, 11) is 1.26. The van der Waals surface area contributed by atoms with Crippen molar-refractivity contribution in [2.45, 2.75) is 56.4 Å². The summed E-state index contributed by atoms with van der Waals surface area (Å²) in [6, 6.07) is -0.665. The van der Waals surface area contributed by atoms with Crippen LogP contribution in [0.15, 0.2) is 12.2 Å². The molecule has 1 aliphatic carbocycles. The number of hydrogen-bond donors (Lipinski definition) is 0. The van der Waals surface area contributed by atoms with Crippen LogP contribution < -0.4 is 0 Å². The number of carbonyl (C=O) groups is 4. The van der Waals surface area contributed by atoms with E-state index in [1.54, 1.807) is 13.8 Å². The molecule has 0 aromatic carbocycles. The minimum absolute atomic E-state index is 0.0560. The van der Waals surface area contributed by atoms with E-state index in [0.29, 0.717) is 6.42 Å². The number of rotatable bonds is 2. The molecule has 5 fully saturated rings. The fourth-order valence-electron chi connectivity index (χ4n) is 7.85. The fraction of sp³-hybridized carbons (Fsp3) is 0.714. The van der Waals surface area contributed by atoms with Crippen LogP contribution in [0.1, 0.15) is 33.1 Å². The quantitative estimate of drug-likeness (QED) is 0.375. The van der Waals surface area contributed by atoms with E-state index in [-0.39, 0.29) is 30.4 Å². The first-order valence-electron chi connectivity index (χ1n) is 10.5. The van der Waals surface area contributed by atoms with Gasteiger partial charge in [-0.15, -0.1) is 0 Å². The van der Waals surface area contributed by atoms with Crippen molar-refractivity contribution in [1.29, 1.82) is 0 Å². The molecule has 5 heterocycles. The van der Waals surface area contributed by atoms with Crippen LogP contribution in [0.25, 0.3) is 0 Å². The van der Waals surface area contributed by atoms with E-state index in [1.807, 2.05) is 12.2 Å². The van der Waals surface area contributed by atoms with Crippen LogP contribution in [-0.2, 0) is 28.7 Å². The Balaban J connectivity index is 1.62. The zero-order valence-corrected chi connectivity index (χ0v) is 16.7. The zero-order valence-electron chi connectivity index (χ0n) is 16.7. The van der Waals surface area contributed by atoms with Crippen molar-refractivity contribution in [3.8, 4) is 0 Å². The van der Waals surface area contributed by atoms with Gasteiger partial charge in [-0.1, -0.05) is 18.6 Å². The van der Waals surface area contributed by atoms with Crippen molar-refractivity contribution in [3.05, 3.63) is 12.2 Å². The van der Waals surface area contributed by atoms with Gasteiger partial charge in [0.2, 0.25) is 17.7 Å². The number of esters is 1. The van der Waals surface area contributed by atoms with Gasteiger partial charge in [-0.2, -0.15) is 0 Å². The maximum Gasteiger partial charge on any atom is 0.332 e. The Bertz CT molecular complexity index is 930. The van der Waals surface area contributed by atoms with Crippen molar-refractivity contribution in [3.63, 3.8) is 0 Å². The van der Waals surface area contributed by atoms with Crippen LogP contribution >= 0.6 is 0 Å². The first-order valence-corrected chi connectivity index (χ1v) is 10.5. The number of amides is 3. The van der Waals surface area contributed by atoms with E-state index in [9.17, 15) is 19.2 Å². The Morgan fingerprint density at radius 2 is 2.07 bits per heavy atom. The van der Waals surface area contributed by atoms with Crippen LogP contribution in [0.3, 0.4) is 0 Å². The predicted molar refractivity (Wildman–Crippen MR) is 96.9 cm³/mol. The molecule has 8 heteroatoms. The molecule has 8 nitrogen and oxygen atoms in total. The van der Waals surface area contributed by atoms with Gasteiger partial charge in [-0.25, -0.2) is 4.79 Å². The van der Waals surface area contributed by atoms with Crippen molar-refractivity contribution in [2.24, 2.45) is 23.2 Å². The number of methoxy groups -OCH3 is 1. The lowest BCUT2D eigenvalue weighted by molar-refractivity contribution is -0.165. The molecule has 0 aromatic rings. The highest BCUT2D eigenvalue weighted by molar-refractivity contribution is 6.12. The summed E-state index contributed by atoms with van der Waals surface area (Å²) in [6.07, 6.45) is 6.30. The van der Waals surface area contributed by atoms with Crippen molar-refractivity contribution in [2.75, 3.05) is 13.7 Å². The Hall–Kier alpha value is -2.22. The van der Waals surface area contributed by atoms with Gasteiger partial charge in [-0.3, -0.25) is 19.3 Å². The normalized spacial score (nSPS) is 51.0. The minimum Gasteiger partial charge on any atom is -0.467 e. The second kappa shape index (κ2) is 4.91. The van der Waals surface area contributed by atoms with Gasteiger partial charge in [0.05, 0.1) is 36.5 Å². The Labute approximate surface area is 168 Å². The third-order valence-electron chi connectivity index (χ3n) is 8.80. The van der Waals surface area contributed by atoms with Gasteiger partial charge in [0, 0.05) is 12.5 Å². The molecule has 2 spiro atoms. The topological polar surface area (TPSA) is 93.2 Å². The molecule has 154 valence electrons. The number of likely N-dealkylation sites (tertiary alicyclic amines) is 1.